The quantitative estimate of drug-likeness (QED) is 0.927. The summed E-state index contributed by atoms with van der Waals surface area (Å²) >= 11 is 0. The number of rotatable bonds is 4. The van der Waals surface area contributed by atoms with Crippen molar-refractivity contribution in [1.29, 1.82) is 0 Å². The number of aryl methyl sites for hydroxylation is 1. The van der Waals surface area contributed by atoms with Gasteiger partial charge in [-0.05, 0) is 32.9 Å². The van der Waals surface area contributed by atoms with Gasteiger partial charge in [0.25, 0.3) is 0 Å². The van der Waals surface area contributed by atoms with Crippen molar-refractivity contribution in [3.8, 4) is 11.5 Å². The number of hydrogen-bond donors (Lipinski definition) is 1. The van der Waals surface area contributed by atoms with Crippen molar-refractivity contribution in [3.63, 3.8) is 0 Å². The molecule has 0 bridgehead atoms. The van der Waals surface area contributed by atoms with Crippen LogP contribution in [0.2, 0.25) is 0 Å². The van der Waals surface area contributed by atoms with Crippen LogP contribution in [0.5, 0.6) is 0 Å². The molecule has 2 heterocycles. The van der Waals surface area contributed by atoms with Gasteiger partial charge in [-0.3, -0.25) is 0 Å². The van der Waals surface area contributed by atoms with Crippen LogP contribution in [0.1, 0.15) is 25.1 Å². The molecule has 1 aromatic carbocycles. The number of hydrogen-bond acceptors (Lipinski definition) is 4. The summed E-state index contributed by atoms with van der Waals surface area (Å²) < 4.78 is 11.2. The van der Waals surface area contributed by atoms with Crippen molar-refractivity contribution in [3.05, 3.63) is 41.8 Å². The third-order valence-electron chi connectivity index (χ3n) is 4.21. The van der Waals surface area contributed by atoms with E-state index in [0.29, 0.717) is 31.9 Å². The Bertz CT molecular complexity index is 701. The van der Waals surface area contributed by atoms with E-state index in [4.69, 9.17) is 9.15 Å². The molecule has 1 aromatic heterocycles. The van der Waals surface area contributed by atoms with E-state index in [0.717, 1.165) is 11.3 Å². The molecule has 3 rings (SSSR count). The Labute approximate surface area is 148 Å². The molecule has 1 fully saturated rings. The SMILES string of the molecule is Cc1ccc(-c2nc(CCNC(=O)N3C[C@@H](C)O[C@H](C)C3)co2)cc1. The van der Waals surface area contributed by atoms with Gasteiger partial charge in [-0.1, -0.05) is 17.7 Å². The van der Waals surface area contributed by atoms with Crippen LogP contribution in [0.4, 0.5) is 4.79 Å². The van der Waals surface area contributed by atoms with E-state index < -0.39 is 0 Å². The molecule has 2 amide bonds. The van der Waals surface area contributed by atoms with E-state index in [1.54, 1.807) is 11.2 Å². The minimum Gasteiger partial charge on any atom is -0.444 e. The fraction of sp³-hybridized carbons (Fsp3) is 0.474. The molecule has 0 aliphatic carbocycles. The first-order valence-corrected chi connectivity index (χ1v) is 8.71. The molecule has 1 N–H and O–H groups in total. The highest BCUT2D eigenvalue weighted by Crippen LogP contribution is 2.19. The fourth-order valence-electron chi connectivity index (χ4n) is 3.00. The number of nitrogens with zero attached hydrogens (tertiary/aromatic N) is 2. The first kappa shape index (κ1) is 17.5. The second-order valence-electron chi connectivity index (χ2n) is 6.65. The molecule has 0 unspecified atom stereocenters. The molecule has 134 valence electrons. The monoisotopic (exact) mass is 343 g/mol. The number of benzene rings is 1. The van der Waals surface area contributed by atoms with Gasteiger partial charge in [-0.25, -0.2) is 9.78 Å². The lowest BCUT2D eigenvalue weighted by molar-refractivity contribution is -0.0544. The van der Waals surface area contributed by atoms with Crippen molar-refractivity contribution in [2.45, 2.75) is 39.4 Å². The van der Waals surface area contributed by atoms with Crippen LogP contribution < -0.4 is 5.32 Å². The van der Waals surface area contributed by atoms with Crippen molar-refractivity contribution in [2.24, 2.45) is 0 Å². The predicted molar refractivity (Wildman–Crippen MR) is 95.4 cm³/mol. The summed E-state index contributed by atoms with van der Waals surface area (Å²) in [6, 6.07) is 8.00. The summed E-state index contributed by atoms with van der Waals surface area (Å²) in [7, 11) is 0. The van der Waals surface area contributed by atoms with Gasteiger partial charge in [-0.2, -0.15) is 0 Å². The molecule has 6 heteroatoms. The van der Waals surface area contributed by atoms with E-state index in [1.165, 1.54) is 5.56 Å². The Hall–Kier alpha value is -2.34. The maximum absolute atomic E-state index is 12.3. The van der Waals surface area contributed by atoms with E-state index in [-0.39, 0.29) is 18.2 Å². The summed E-state index contributed by atoms with van der Waals surface area (Å²) in [5.74, 6) is 0.608. The van der Waals surface area contributed by atoms with Crippen LogP contribution in [0.3, 0.4) is 0 Å². The lowest BCUT2D eigenvalue weighted by atomic mass is 10.1. The summed E-state index contributed by atoms with van der Waals surface area (Å²) in [4.78, 5) is 18.6. The summed E-state index contributed by atoms with van der Waals surface area (Å²) in [5.41, 5.74) is 2.99. The lowest BCUT2D eigenvalue weighted by Gasteiger charge is -2.35. The van der Waals surface area contributed by atoms with E-state index in [1.807, 2.05) is 45.0 Å². The van der Waals surface area contributed by atoms with E-state index in [9.17, 15) is 4.79 Å². The Morgan fingerprint density at radius 3 is 2.60 bits per heavy atom. The number of carbonyl (C=O) groups is 1. The van der Waals surface area contributed by atoms with Gasteiger partial charge in [0.05, 0.1) is 17.9 Å². The first-order valence-electron chi connectivity index (χ1n) is 8.71. The number of amides is 2. The highest BCUT2D eigenvalue weighted by molar-refractivity contribution is 5.74. The maximum Gasteiger partial charge on any atom is 0.317 e. The number of oxazole rings is 1. The molecule has 2 aromatic rings. The summed E-state index contributed by atoms with van der Waals surface area (Å²) in [6.45, 7) is 7.79. The van der Waals surface area contributed by atoms with Crippen molar-refractivity contribution >= 4 is 6.03 Å². The largest absolute Gasteiger partial charge is 0.444 e. The summed E-state index contributed by atoms with van der Waals surface area (Å²) in [5, 5.41) is 2.95. The molecular formula is C19H25N3O3. The van der Waals surface area contributed by atoms with Crippen molar-refractivity contribution in [2.75, 3.05) is 19.6 Å². The number of morpholine rings is 1. The number of aromatic nitrogens is 1. The zero-order chi connectivity index (χ0) is 17.8. The molecule has 1 saturated heterocycles. The van der Waals surface area contributed by atoms with Crippen molar-refractivity contribution in [1.82, 2.24) is 15.2 Å². The van der Waals surface area contributed by atoms with Gasteiger partial charge in [0.2, 0.25) is 5.89 Å². The zero-order valence-corrected chi connectivity index (χ0v) is 15.0. The average molecular weight is 343 g/mol. The lowest BCUT2D eigenvalue weighted by Crippen LogP contribution is -2.51. The van der Waals surface area contributed by atoms with Crippen LogP contribution in [0.15, 0.2) is 34.9 Å². The molecule has 1 aliphatic rings. The van der Waals surface area contributed by atoms with Crippen LogP contribution >= 0.6 is 0 Å². The second-order valence-corrected chi connectivity index (χ2v) is 6.65. The molecule has 1 aliphatic heterocycles. The van der Waals surface area contributed by atoms with Gasteiger partial charge in [-0.15, -0.1) is 0 Å². The van der Waals surface area contributed by atoms with E-state index >= 15 is 0 Å². The topological polar surface area (TPSA) is 67.6 Å². The minimum atomic E-state index is -0.0516. The molecule has 0 saturated carbocycles. The van der Waals surface area contributed by atoms with Crippen LogP contribution in [0.25, 0.3) is 11.5 Å². The normalized spacial score (nSPS) is 20.5. The smallest absolute Gasteiger partial charge is 0.317 e. The maximum atomic E-state index is 12.3. The minimum absolute atomic E-state index is 0.0516. The Morgan fingerprint density at radius 2 is 1.92 bits per heavy atom. The summed E-state index contributed by atoms with van der Waals surface area (Å²) in [6.07, 6.45) is 2.43. The van der Waals surface area contributed by atoms with E-state index in [2.05, 4.69) is 10.3 Å². The molecule has 0 spiro atoms. The van der Waals surface area contributed by atoms with Gasteiger partial charge in [0.15, 0.2) is 0 Å². The average Bonchev–Trinajstić information content (AvgIpc) is 3.03. The molecule has 2 atom stereocenters. The Morgan fingerprint density at radius 1 is 1.24 bits per heavy atom. The molecule has 25 heavy (non-hydrogen) atoms. The second kappa shape index (κ2) is 7.70. The van der Waals surface area contributed by atoms with Crippen LogP contribution in [-0.4, -0.2) is 47.8 Å². The number of carbonyl (C=O) groups excluding carboxylic acids is 1. The zero-order valence-electron chi connectivity index (χ0n) is 15.0. The van der Waals surface area contributed by atoms with Gasteiger partial charge in [0.1, 0.15) is 6.26 Å². The highest BCUT2D eigenvalue weighted by atomic mass is 16.5. The fourth-order valence-corrected chi connectivity index (χ4v) is 3.00. The molecular weight excluding hydrogens is 318 g/mol. The Kier molecular flexibility index (Phi) is 5.38. The molecule has 0 radical (unpaired) electrons. The third-order valence-corrected chi connectivity index (χ3v) is 4.21. The van der Waals surface area contributed by atoms with Gasteiger partial charge < -0.3 is 19.4 Å². The Balaban J connectivity index is 1.49. The third kappa shape index (κ3) is 4.60. The standard InChI is InChI=1S/C19H25N3O3/c1-13-4-6-16(7-5-13)18-21-17(12-24-18)8-9-20-19(23)22-10-14(2)25-15(3)11-22/h4-7,12,14-15H,8-11H2,1-3H3,(H,20,23)/t14-,15-/m1/s1. The predicted octanol–water partition coefficient (Wildman–Crippen LogP) is 3.01. The van der Waals surface area contributed by atoms with Crippen molar-refractivity contribution < 1.29 is 13.9 Å². The van der Waals surface area contributed by atoms with Gasteiger partial charge in [0, 0.05) is 31.6 Å². The number of ether oxygens (including phenoxy) is 1. The van der Waals surface area contributed by atoms with Crippen LogP contribution in [-0.2, 0) is 11.2 Å². The molecule has 6 nitrogen and oxygen atoms in total. The first-order chi connectivity index (χ1) is 12.0. The number of urea groups is 1. The number of nitrogens with one attached hydrogen (secondary N) is 1. The van der Waals surface area contributed by atoms with Gasteiger partial charge >= 0.3 is 6.03 Å². The highest BCUT2D eigenvalue weighted by Gasteiger charge is 2.25. The van der Waals surface area contributed by atoms with Crippen LogP contribution in [0, 0.1) is 6.92 Å².